The van der Waals surface area contributed by atoms with E-state index in [0.717, 1.165) is 23.7 Å². The molecule has 2 aromatic carbocycles. The minimum Gasteiger partial charge on any atom is -0.454 e. The second-order valence-corrected chi connectivity index (χ2v) is 8.66. The van der Waals surface area contributed by atoms with Crippen molar-refractivity contribution in [1.29, 1.82) is 0 Å². The van der Waals surface area contributed by atoms with Crippen molar-refractivity contribution in [3.8, 4) is 11.5 Å². The van der Waals surface area contributed by atoms with Crippen LogP contribution >= 0.6 is 0 Å². The van der Waals surface area contributed by atoms with Crippen molar-refractivity contribution in [3.05, 3.63) is 48.0 Å². The fourth-order valence-electron chi connectivity index (χ4n) is 4.50. The number of fused-ring (bicyclic) bond motifs is 1. The predicted molar refractivity (Wildman–Crippen MR) is 121 cm³/mol. The molecular weight excluding hydrogens is 424 g/mol. The summed E-state index contributed by atoms with van der Waals surface area (Å²) in [4.78, 5) is 41.6. The lowest BCUT2D eigenvalue weighted by Crippen LogP contribution is -2.42. The highest BCUT2D eigenvalue weighted by atomic mass is 16.7. The number of hydrogen-bond donors (Lipinski definition) is 2. The number of rotatable bonds is 5. The first-order chi connectivity index (χ1) is 15.9. The number of carbonyl (C=O) groups excluding carboxylic acids is 3. The molecule has 2 fully saturated rings. The van der Waals surface area contributed by atoms with Crippen LogP contribution in [0.1, 0.15) is 31.7 Å². The molecule has 33 heavy (non-hydrogen) atoms. The minimum atomic E-state index is -1.30. The molecule has 0 saturated carbocycles. The average Bonchev–Trinajstić information content (AvgIpc) is 3.38. The monoisotopic (exact) mass is 450 g/mol. The third-order valence-corrected chi connectivity index (χ3v) is 6.40. The topological polar surface area (TPSA) is 100 Å². The zero-order valence-electron chi connectivity index (χ0n) is 18.4. The maximum atomic E-state index is 13.1. The summed E-state index contributed by atoms with van der Waals surface area (Å²) in [5.74, 6) is 0.155. The third-order valence-electron chi connectivity index (χ3n) is 6.40. The number of carbonyl (C=O) groups is 3. The van der Waals surface area contributed by atoms with Gasteiger partial charge in [-0.2, -0.15) is 0 Å². The molecule has 4 amide bonds. The number of nitrogens with zero attached hydrogens (tertiary/aromatic N) is 2. The number of piperidine rings is 1. The first-order valence-electron chi connectivity index (χ1n) is 11.1. The summed E-state index contributed by atoms with van der Waals surface area (Å²) >= 11 is 0. The second-order valence-electron chi connectivity index (χ2n) is 8.66. The number of amides is 4. The molecule has 3 aliphatic heterocycles. The Hall–Kier alpha value is -3.75. The van der Waals surface area contributed by atoms with E-state index in [2.05, 4.69) is 15.5 Å². The summed E-state index contributed by atoms with van der Waals surface area (Å²) in [6.07, 6.45) is 3.65. The van der Waals surface area contributed by atoms with Crippen molar-refractivity contribution in [1.82, 2.24) is 10.2 Å². The van der Waals surface area contributed by atoms with E-state index in [1.807, 2.05) is 24.3 Å². The summed E-state index contributed by atoms with van der Waals surface area (Å²) in [5.41, 5.74) is 1.00. The van der Waals surface area contributed by atoms with Crippen LogP contribution in [0.4, 0.5) is 16.2 Å². The van der Waals surface area contributed by atoms with E-state index in [0.29, 0.717) is 22.7 Å². The number of anilines is 2. The quantitative estimate of drug-likeness (QED) is 0.680. The SMILES string of the molecule is C[C@]1(c2ccc3c(c2)OCO3)NC(=O)N(CC(=O)Nc2ccc(N3CCCCC3)cc2)C1=O. The molecule has 0 unspecified atom stereocenters. The highest BCUT2D eigenvalue weighted by Gasteiger charge is 2.49. The maximum Gasteiger partial charge on any atom is 0.325 e. The Morgan fingerprint density at radius 2 is 1.76 bits per heavy atom. The van der Waals surface area contributed by atoms with Crippen LogP contribution in [0.15, 0.2) is 42.5 Å². The normalized spacial score (nSPS) is 21.8. The van der Waals surface area contributed by atoms with Crippen molar-refractivity contribution >= 4 is 29.2 Å². The lowest BCUT2D eigenvalue weighted by Gasteiger charge is -2.28. The van der Waals surface area contributed by atoms with Gasteiger partial charge in [0.2, 0.25) is 12.7 Å². The largest absolute Gasteiger partial charge is 0.454 e. The third kappa shape index (κ3) is 3.94. The molecule has 3 heterocycles. The molecule has 3 aliphatic rings. The fraction of sp³-hybridized carbons (Fsp3) is 0.375. The number of nitrogens with one attached hydrogen (secondary N) is 2. The van der Waals surface area contributed by atoms with Crippen molar-refractivity contribution < 1.29 is 23.9 Å². The van der Waals surface area contributed by atoms with Gasteiger partial charge in [-0.3, -0.25) is 14.5 Å². The molecule has 2 saturated heterocycles. The molecule has 5 rings (SSSR count). The van der Waals surface area contributed by atoms with Gasteiger partial charge >= 0.3 is 6.03 Å². The van der Waals surface area contributed by atoms with Crippen LogP contribution in [0.25, 0.3) is 0 Å². The lowest BCUT2D eigenvalue weighted by atomic mass is 9.91. The molecule has 0 aliphatic carbocycles. The van der Waals surface area contributed by atoms with Crippen molar-refractivity contribution in [3.63, 3.8) is 0 Å². The summed E-state index contributed by atoms with van der Waals surface area (Å²) in [7, 11) is 0. The van der Waals surface area contributed by atoms with Crippen LogP contribution in [0, 0.1) is 0 Å². The van der Waals surface area contributed by atoms with E-state index >= 15 is 0 Å². The van der Waals surface area contributed by atoms with Crippen LogP contribution in [-0.2, 0) is 15.1 Å². The number of imide groups is 1. The van der Waals surface area contributed by atoms with E-state index in [4.69, 9.17) is 9.47 Å². The molecule has 1 atom stereocenters. The summed E-state index contributed by atoms with van der Waals surface area (Å²) < 4.78 is 10.7. The number of benzene rings is 2. The maximum absolute atomic E-state index is 13.1. The summed E-state index contributed by atoms with van der Waals surface area (Å²) in [5, 5.41) is 5.48. The molecule has 0 spiro atoms. The van der Waals surface area contributed by atoms with E-state index in [9.17, 15) is 14.4 Å². The molecule has 2 N–H and O–H groups in total. The van der Waals surface area contributed by atoms with Gasteiger partial charge in [0.05, 0.1) is 0 Å². The lowest BCUT2D eigenvalue weighted by molar-refractivity contribution is -0.133. The van der Waals surface area contributed by atoms with Crippen LogP contribution in [0.2, 0.25) is 0 Å². The summed E-state index contributed by atoms with van der Waals surface area (Å²) in [6.45, 7) is 3.43. The van der Waals surface area contributed by atoms with Gasteiger partial charge in [0.1, 0.15) is 12.1 Å². The van der Waals surface area contributed by atoms with Gasteiger partial charge in [-0.1, -0.05) is 6.07 Å². The molecule has 0 radical (unpaired) electrons. The Balaban J connectivity index is 1.24. The van der Waals surface area contributed by atoms with Gasteiger partial charge in [0.15, 0.2) is 11.5 Å². The zero-order chi connectivity index (χ0) is 23.0. The van der Waals surface area contributed by atoms with Gasteiger partial charge in [-0.15, -0.1) is 0 Å². The van der Waals surface area contributed by atoms with Crippen LogP contribution < -0.4 is 25.0 Å². The molecule has 172 valence electrons. The van der Waals surface area contributed by atoms with E-state index in [1.165, 1.54) is 19.3 Å². The molecule has 0 bridgehead atoms. The van der Waals surface area contributed by atoms with Gasteiger partial charge in [0, 0.05) is 24.5 Å². The van der Waals surface area contributed by atoms with Crippen molar-refractivity contribution in [2.75, 3.05) is 36.6 Å². The highest BCUT2D eigenvalue weighted by molar-refractivity contribution is 6.10. The summed E-state index contributed by atoms with van der Waals surface area (Å²) in [6, 6.07) is 12.1. The fourth-order valence-corrected chi connectivity index (χ4v) is 4.50. The first kappa shape index (κ1) is 21.1. The number of ether oxygens (including phenoxy) is 2. The first-order valence-corrected chi connectivity index (χ1v) is 11.1. The predicted octanol–water partition coefficient (Wildman–Crippen LogP) is 2.81. The number of urea groups is 1. The van der Waals surface area contributed by atoms with Gasteiger partial charge < -0.3 is 25.0 Å². The van der Waals surface area contributed by atoms with E-state index in [1.54, 1.807) is 25.1 Å². The molecule has 9 heteroatoms. The van der Waals surface area contributed by atoms with Crippen molar-refractivity contribution in [2.45, 2.75) is 31.7 Å². The Labute approximate surface area is 191 Å². The Morgan fingerprint density at radius 3 is 2.52 bits per heavy atom. The molecular formula is C24H26N4O5. The zero-order valence-corrected chi connectivity index (χ0v) is 18.4. The van der Waals surface area contributed by atoms with Crippen molar-refractivity contribution in [2.24, 2.45) is 0 Å². The van der Waals surface area contributed by atoms with Gasteiger partial charge in [0.25, 0.3) is 5.91 Å². The minimum absolute atomic E-state index is 0.112. The average molecular weight is 450 g/mol. The Kier molecular flexibility index (Phi) is 5.32. The van der Waals surface area contributed by atoms with E-state index < -0.39 is 23.4 Å². The molecule has 0 aromatic heterocycles. The van der Waals surface area contributed by atoms with E-state index in [-0.39, 0.29) is 13.3 Å². The smallest absolute Gasteiger partial charge is 0.325 e. The number of hydrogen-bond acceptors (Lipinski definition) is 6. The standard InChI is InChI=1S/C24H26N4O5/c1-24(16-5-10-19-20(13-16)33-15-32-19)22(30)28(23(31)26-24)14-21(29)25-17-6-8-18(9-7-17)27-11-3-2-4-12-27/h5-10,13H,2-4,11-12,14-15H2,1H3,(H,25,29)(H,26,31)/t24-/m1/s1. The second kappa shape index (κ2) is 8.31. The Morgan fingerprint density at radius 1 is 1.03 bits per heavy atom. The van der Waals surface area contributed by atoms with Gasteiger partial charge in [-0.05, 0) is 68.1 Å². The van der Waals surface area contributed by atoms with Crippen LogP contribution in [0.5, 0.6) is 11.5 Å². The van der Waals surface area contributed by atoms with Crippen LogP contribution in [-0.4, -0.2) is 49.2 Å². The van der Waals surface area contributed by atoms with Crippen LogP contribution in [0.3, 0.4) is 0 Å². The highest BCUT2D eigenvalue weighted by Crippen LogP contribution is 2.37. The molecule has 2 aromatic rings. The Bertz CT molecular complexity index is 1100. The molecule has 9 nitrogen and oxygen atoms in total. The van der Waals surface area contributed by atoms with Gasteiger partial charge in [-0.25, -0.2) is 4.79 Å².